The van der Waals surface area contributed by atoms with Gasteiger partial charge in [-0.25, -0.2) is 4.79 Å². The number of carbonyl (C=O) groups is 2. The van der Waals surface area contributed by atoms with E-state index in [4.69, 9.17) is 10.8 Å². The minimum Gasteiger partial charge on any atom is -0.478 e. The van der Waals surface area contributed by atoms with Crippen LogP contribution < -0.4 is 11.1 Å². The van der Waals surface area contributed by atoms with E-state index in [2.05, 4.69) is 5.32 Å². The van der Waals surface area contributed by atoms with Crippen LogP contribution in [0.4, 0.5) is 5.69 Å². The first-order chi connectivity index (χ1) is 8.47. The van der Waals surface area contributed by atoms with Gasteiger partial charge in [-0.15, -0.1) is 0 Å². The number of rotatable bonds is 5. The summed E-state index contributed by atoms with van der Waals surface area (Å²) in [6.45, 7) is 3.62. The molecule has 1 atom stereocenters. The van der Waals surface area contributed by atoms with Crippen molar-refractivity contribution in [1.82, 2.24) is 0 Å². The van der Waals surface area contributed by atoms with Crippen molar-refractivity contribution < 1.29 is 14.7 Å². The van der Waals surface area contributed by atoms with Crippen molar-refractivity contribution in [2.24, 2.45) is 5.73 Å². The van der Waals surface area contributed by atoms with E-state index in [0.29, 0.717) is 17.7 Å². The lowest BCUT2D eigenvalue weighted by atomic mass is 10.1. The van der Waals surface area contributed by atoms with E-state index in [0.717, 1.165) is 6.42 Å². The second-order valence-electron chi connectivity index (χ2n) is 4.19. The zero-order valence-electron chi connectivity index (χ0n) is 10.6. The molecule has 0 saturated heterocycles. The summed E-state index contributed by atoms with van der Waals surface area (Å²) in [6, 6.07) is 4.33. The number of hydrogen-bond acceptors (Lipinski definition) is 3. The lowest BCUT2D eigenvalue weighted by Gasteiger charge is -2.14. The highest BCUT2D eigenvalue weighted by Crippen LogP contribution is 2.19. The number of nitrogens with two attached hydrogens (primary N) is 1. The number of carbonyl (C=O) groups excluding carboxylic acids is 1. The molecule has 0 saturated carbocycles. The monoisotopic (exact) mass is 250 g/mol. The summed E-state index contributed by atoms with van der Waals surface area (Å²) >= 11 is 0. The molecule has 98 valence electrons. The Bertz CT molecular complexity index is 458. The molecule has 0 bridgehead atoms. The second kappa shape index (κ2) is 6.16. The highest BCUT2D eigenvalue weighted by Gasteiger charge is 2.17. The van der Waals surface area contributed by atoms with Gasteiger partial charge in [0, 0.05) is 0 Å². The van der Waals surface area contributed by atoms with Gasteiger partial charge in [-0.05, 0) is 25.0 Å². The summed E-state index contributed by atoms with van der Waals surface area (Å²) < 4.78 is 0. The summed E-state index contributed by atoms with van der Waals surface area (Å²) in [5.41, 5.74) is 6.68. The van der Waals surface area contributed by atoms with Crippen LogP contribution >= 0.6 is 0 Å². The largest absolute Gasteiger partial charge is 0.478 e. The van der Waals surface area contributed by atoms with Gasteiger partial charge in [0.2, 0.25) is 5.91 Å². The lowest BCUT2D eigenvalue weighted by Crippen LogP contribution is -2.35. The molecule has 0 heterocycles. The van der Waals surface area contributed by atoms with Crippen LogP contribution in [-0.2, 0) is 4.79 Å². The number of amides is 1. The molecule has 4 N–H and O–H groups in total. The molecule has 1 aromatic carbocycles. The van der Waals surface area contributed by atoms with Crippen LogP contribution in [0.1, 0.15) is 35.7 Å². The van der Waals surface area contributed by atoms with Crippen molar-refractivity contribution >= 4 is 17.6 Å². The van der Waals surface area contributed by atoms with Crippen LogP contribution in [0.25, 0.3) is 0 Å². The molecule has 0 aliphatic rings. The van der Waals surface area contributed by atoms with E-state index in [1.807, 2.05) is 6.92 Å². The maximum atomic E-state index is 11.8. The zero-order valence-corrected chi connectivity index (χ0v) is 10.6. The first-order valence-corrected chi connectivity index (χ1v) is 5.86. The second-order valence-corrected chi connectivity index (χ2v) is 4.19. The highest BCUT2D eigenvalue weighted by atomic mass is 16.4. The molecule has 1 unspecified atom stereocenters. The van der Waals surface area contributed by atoms with E-state index < -0.39 is 12.0 Å². The standard InChI is InChI=1S/C13H18N2O3/c1-3-5-9(14)12(16)15-10-7-4-6-8(2)11(10)13(17)18/h4,6-7,9H,3,5,14H2,1-2H3,(H,15,16)(H,17,18). The van der Waals surface area contributed by atoms with E-state index in [9.17, 15) is 9.59 Å². The summed E-state index contributed by atoms with van der Waals surface area (Å²) in [4.78, 5) is 22.9. The smallest absolute Gasteiger partial charge is 0.338 e. The lowest BCUT2D eigenvalue weighted by molar-refractivity contribution is -0.117. The Hall–Kier alpha value is -1.88. The maximum absolute atomic E-state index is 11.8. The van der Waals surface area contributed by atoms with E-state index >= 15 is 0 Å². The van der Waals surface area contributed by atoms with Crippen LogP contribution in [0.3, 0.4) is 0 Å². The van der Waals surface area contributed by atoms with Gasteiger partial charge in [0.25, 0.3) is 0 Å². The molecule has 0 fully saturated rings. The Morgan fingerprint density at radius 1 is 1.44 bits per heavy atom. The summed E-state index contributed by atoms with van der Waals surface area (Å²) in [7, 11) is 0. The quantitative estimate of drug-likeness (QED) is 0.742. The Morgan fingerprint density at radius 3 is 2.67 bits per heavy atom. The van der Waals surface area contributed by atoms with Crippen molar-refractivity contribution in [3.63, 3.8) is 0 Å². The zero-order chi connectivity index (χ0) is 13.7. The van der Waals surface area contributed by atoms with Crippen molar-refractivity contribution in [3.05, 3.63) is 29.3 Å². The van der Waals surface area contributed by atoms with Gasteiger partial charge in [0.15, 0.2) is 0 Å². The molecule has 0 aliphatic heterocycles. The number of nitrogens with one attached hydrogen (secondary N) is 1. The number of carboxylic acid groups (broad SMARTS) is 1. The van der Waals surface area contributed by atoms with Crippen LogP contribution in [0.15, 0.2) is 18.2 Å². The summed E-state index contributed by atoms with van der Waals surface area (Å²) in [5, 5.41) is 11.7. The molecule has 5 heteroatoms. The van der Waals surface area contributed by atoms with Crippen molar-refractivity contribution in [3.8, 4) is 0 Å². The molecule has 18 heavy (non-hydrogen) atoms. The summed E-state index contributed by atoms with van der Waals surface area (Å²) in [5.74, 6) is -1.42. The fourth-order valence-electron chi connectivity index (χ4n) is 1.72. The van der Waals surface area contributed by atoms with Gasteiger partial charge in [0.1, 0.15) is 0 Å². The average molecular weight is 250 g/mol. The molecule has 1 aromatic rings. The minimum absolute atomic E-state index is 0.106. The number of aromatic carboxylic acids is 1. The fraction of sp³-hybridized carbons (Fsp3) is 0.385. The molecule has 0 aliphatic carbocycles. The number of benzene rings is 1. The highest BCUT2D eigenvalue weighted by molar-refractivity contribution is 6.02. The van der Waals surface area contributed by atoms with Gasteiger partial charge in [0.05, 0.1) is 17.3 Å². The van der Waals surface area contributed by atoms with Crippen molar-refractivity contribution in [2.45, 2.75) is 32.7 Å². The third-order valence-electron chi connectivity index (χ3n) is 2.68. The predicted octanol–water partition coefficient (Wildman–Crippen LogP) is 1.76. The number of anilines is 1. The van der Waals surface area contributed by atoms with Gasteiger partial charge < -0.3 is 16.2 Å². The van der Waals surface area contributed by atoms with Gasteiger partial charge in [-0.1, -0.05) is 25.5 Å². The summed E-state index contributed by atoms with van der Waals surface area (Å²) in [6.07, 6.45) is 1.37. The molecular weight excluding hydrogens is 232 g/mol. The SMILES string of the molecule is CCCC(N)C(=O)Nc1cccc(C)c1C(=O)O. The van der Waals surface area contributed by atoms with Crippen LogP contribution in [-0.4, -0.2) is 23.0 Å². The Labute approximate surface area is 106 Å². The molecule has 0 radical (unpaired) electrons. The average Bonchev–Trinajstić information content (AvgIpc) is 2.28. The first kappa shape index (κ1) is 14.2. The molecule has 1 rings (SSSR count). The molecule has 1 amide bonds. The van der Waals surface area contributed by atoms with Crippen LogP contribution in [0, 0.1) is 6.92 Å². The molecular formula is C13H18N2O3. The van der Waals surface area contributed by atoms with E-state index in [1.54, 1.807) is 25.1 Å². The fourth-order valence-corrected chi connectivity index (χ4v) is 1.72. The predicted molar refractivity (Wildman–Crippen MR) is 69.7 cm³/mol. The van der Waals surface area contributed by atoms with Crippen LogP contribution in [0.2, 0.25) is 0 Å². The molecule has 0 spiro atoms. The third-order valence-corrected chi connectivity index (χ3v) is 2.68. The third kappa shape index (κ3) is 3.30. The maximum Gasteiger partial charge on any atom is 0.338 e. The normalized spacial score (nSPS) is 11.9. The Balaban J connectivity index is 2.94. The Kier molecular flexibility index (Phi) is 4.85. The molecule has 5 nitrogen and oxygen atoms in total. The Morgan fingerprint density at radius 2 is 2.11 bits per heavy atom. The topological polar surface area (TPSA) is 92.4 Å². The number of hydrogen-bond donors (Lipinski definition) is 3. The van der Waals surface area contributed by atoms with Crippen LogP contribution in [0.5, 0.6) is 0 Å². The molecule has 0 aromatic heterocycles. The first-order valence-electron chi connectivity index (χ1n) is 5.86. The van der Waals surface area contributed by atoms with Gasteiger partial charge >= 0.3 is 5.97 Å². The number of carboxylic acids is 1. The minimum atomic E-state index is -1.06. The number of aryl methyl sites for hydroxylation is 1. The van der Waals surface area contributed by atoms with E-state index in [-0.39, 0.29) is 11.5 Å². The van der Waals surface area contributed by atoms with E-state index in [1.165, 1.54) is 0 Å². The van der Waals surface area contributed by atoms with Gasteiger partial charge in [-0.3, -0.25) is 4.79 Å². The van der Waals surface area contributed by atoms with Gasteiger partial charge in [-0.2, -0.15) is 0 Å². The van der Waals surface area contributed by atoms with Crippen molar-refractivity contribution in [2.75, 3.05) is 5.32 Å². The van der Waals surface area contributed by atoms with Crippen molar-refractivity contribution in [1.29, 1.82) is 0 Å².